The maximum Gasteiger partial charge on any atom is 0.273 e. The van der Waals surface area contributed by atoms with Gasteiger partial charge in [-0.25, -0.2) is 4.98 Å². The van der Waals surface area contributed by atoms with Gasteiger partial charge in [0.25, 0.3) is 5.69 Å². The molecule has 0 atom stereocenters. The third kappa shape index (κ3) is 4.65. The van der Waals surface area contributed by atoms with Crippen molar-refractivity contribution in [2.75, 3.05) is 11.9 Å². The molecule has 8 nitrogen and oxygen atoms in total. The molecule has 1 aromatic heterocycles. The number of benzene rings is 3. The molecule has 0 unspecified atom stereocenters. The summed E-state index contributed by atoms with van der Waals surface area (Å²) in [5, 5.41) is 13.8. The van der Waals surface area contributed by atoms with Crippen molar-refractivity contribution in [1.82, 2.24) is 4.98 Å². The summed E-state index contributed by atoms with van der Waals surface area (Å²) in [6.07, 6.45) is 3.13. The molecule has 8 heteroatoms. The van der Waals surface area contributed by atoms with E-state index >= 15 is 0 Å². The van der Waals surface area contributed by atoms with E-state index < -0.39 is 4.92 Å². The van der Waals surface area contributed by atoms with Crippen molar-refractivity contribution in [3.63, 3.8) is 0 Å². The number of carbonyl (C=O) groups excluding carboxylic acids is 1. The maximum atomic E-state index is 12.5. The van der Waals surface area contributed by atoms with Crippen LogP contribution in [0.4, 0.5) is 11.4 Å². The normalized spacial score (nSPS) is 11.0. The number of amides is 1. The number of anilines is 1. The zero-order chi connectivity index (χ0) is 22.5. The third-order valence-electron chi connectivity index (χ3n) is 4.62. The summed E-state index contributed by atoms with van der Waals surface area (Å²) in [5.41, 5.74) is 2.63. The average molecular weight is 429 g/mol. The Bertz CT molecular complexity index is 1310. The maximum absolute atomic E-state index is 12.5. The number of rotatable bonds is 7. The highest BCUT2D eigenvalue weighted by atomic mass is 16.6. The lowest BCUT2D eigenvalue weighted by Crippen LogP contribution is -2.08. The molecular formula is C24H19N3O5. The number of nitrogens with one attached hydrogen (secondary N) is 1. The van der Waals surface area contributed by atoms with Crippen molar-refractivity contribution in [2.24, 2.45) is 0 Å². The largest absolute Gasteiger partial charge is 0.494 e. The lowest BCUT2D eigenvalue weighted by molar-refractivity contribution is -0.384. The summed E-state index contributed by atoms with van der Waals surface area (Å²) in [6.45, 7) is 2.51. The van der Waals surface area contributed by atoms with Crippen molar-refractivity contribution in [2.45, 2.75) is 6.92 Å². The van der Waals surface area contributed by atoms with Crippen LogP contribution in [0.25, 0.3) is 28.6 Å². The number of aromatic nitrogens is 1. The average Bonchev–Trinajstić information content (AvgIpc) is 3.22. The summed E-state index contributed by atoms with van der Waals surface area (Å²) in [4.78, 5) is 27.4. The van der Waals surface area contributed by atoms with Gasteiger partial charge in [0.15, 0.2) is 5.58 Å². The van der Waals surface area contributed by atoms with Crippen LogP contribution in [0.2, 0.25) is 0 Å². The van der Waals surface area contributed by atoms with Crippen molar-refractivity contribution in [1.29, 1.82) is 0 Å². The van der Waals surface area contributed by atoms with Crippen LogP contribution in [0.15, 0.2) is 77.2 Å². The van der Waals surface area contributed by atoms with Crippen LogP contribution < -0.4 is 10.1 Å². The van der Waals surface area contributed by atoms with E-state index in [1.54, 1.807) is 30.3 Å². The Labute approximate surface area is 183 Å². The quantitative estimate of drug-likeness (QED) is 0.238. The fourth-order valence-electron chi connectivity index (χ4n) is 3.11. The number of oxazole rings is 1. The molecule has 3 aromatic carbocycles. The molecule has 0 radical (unpaired) electrons. The minimum atomic E-state index is -0.494. The van der Waals surface area contributed by atoms with Gasteiger partial charge in [-0.2, -0.15) is 0 Å². The van der Waals surface area contributed by atoms with E-state index in [0.29, 0.717) is 29.0 Å². The number of hydrogen-bond acceptors (Lipinski definition) is 6. The number of non-ortho nitro benzene ring substituents is 1. The molecule has 0 fully saturated rings. The predicted octanol–water partition coefficient (Wildman–Crippen LogP) is 5.45. The van der Waals surface area contributed by atoms with Crippen molar-refractivity contribution < 1.29 is 18.9 Å². The van der Waals surface area contributed by atoms with Crippen LogP contribution in [0.1, 0.15) is 12.5 Å². The van der Waals surface area contributed by atoms with Crippen molar-refractivity contribution in [3.05, 3.63) is 88.5 Å². The number of para-hydroxylation sites is 1. The summed E-state index contributed by atoms with van der Waals surface area (Å²) in [7, 11) is 0. The lowest BCUT2D eigenvalue weighted by Gasteiger charge is -2.07. The van der Waals surface area contributed by atoms with E-state index in [9.17, 15) is 14.9 Å². The Kier molecular flexibility index (Phi) is 5.94. The Hall–Kier alpha value is -4.46. The van der Waals surface area contributed by atoms with Gasteiger partial charge in [-0.1, -0.05) is 24.3 Å². The van der Waals surface area contributed by atoms with Crippen LogP contribution in [0.3, 0.4) is 0 Å². The van der Waals surface area contributed by atoms with Gasteiger partial charge < -0.3 is 14.5 Å². The standard InChI is InChI=1S/C24H19N3O5/c1-2-31-18-11-7-16(8-12-18)9-14-23(28)25-20-6-4-3-5-19(20)24-26-21-13-10-17(27(29)30)15-22(21)32-24/h3-15H,2H2,1H3,(H,25,28). The first-order valence-corrected chi connectivity index (χ1v) is 9.90. The molecule has 0 aliphatic rings. The Morgan fingerprint density at radius 1 is 1.16 bits per heavy atom. The van der Waals surface area contributed by atoms with E-state index in [4.69, 9.17) is 9.15 Å². The number of ether oxygens (including phenoxy) is 1. The van der Waals surface area contributed by atoms with E-state index in [1.165, 1.54) is 24.3 Å². The number of nitro benzene ring substituents is 1. The fourth-order valence-corrected chi connectivity index (χ4v) is 3.11. The molecule has 1 amide bonds. The summed E-state index contributed by atoms with van der Waals surface area (Å²) < 4.78 is 11.1. The second-order valence-corrected chi connectivity index (χ2v) is 6.80. The SMILES string of the molecule is CCOc1ccc(C=CC(=O)Nc2ccccc2-c2nc3ccc([N+](=O)[O-])cc3o2)cc1. The Morgan fingerprint density at radius 2 is 1.94 bits per heavy atom. The van der Waals surface area contributed by atoms with Gasteiger partial charge in [-0.15, -0.1) is 0 Å². The molecule has 32 heavy (non-hydrogen) atoms. The fraction of sp³-hybridized carbons (Fsp3) is 0.0833. The molecule has 160 valence electrons. The molecular weight excluding hydrogens is 410 g/mol. The minimum absolute atomic E-state index is 0.0822. The predicted molar refractivity (Wildman–Crippen MR) is 121 cm³/mol. The van der Waals surface area contributed by atoms with E-state index in [1.807, 2.05) is 31.2 Å². The van der Waals surface area contributed by atoms with Gasteiger partial charge in [-0.3, -0.25) is 14.9 Å². The molecule has 0 saturated carbocycles. The van der Waals surface area contributed by atoms with Gasteiger partial charge in [0.05, 0.1) is 28.8 Å². The number of fused-ring (bicyclic) bond motifs is 1. The van der Waals surface area contributed by atoms with Crippen LogP contribution >= 0.6 is 0 Å². The molecule has 4 rings (SSSR count). The first-order valence-electron chi connectivity index (χ1n) is 9.90. The van der Waals surface area contributed by atoms with Gasteiger partial charge >= 0.3 is 0 Å². The molecule has 1 N–H and O–H groups in total. The summed E-state index contributed by atoms with van der Waals surface area (Å²) >= 11 is 0. The summed E-state index contributed by atoms with van der Waals surface area (Å²) in [5.74, 6) is 0.705. The smallest absolute Gasteiger partial charge is 0.273 e. The van der Waals surface area contributed by atoms with Gasteiger partial charge in [-0.05, 0) is 48.9 Å². The number of hydrogen-bond donors (Lipinski definition) is 1. The molecule has 4 aromatic rings. The highest BCUT2D eigenvalue weighted by molar-refractivity contribution is 6.04. The Morgan fingerprint density at radius 3 is 2.69 bits per heavy atom. The highest BCUT2D eigenvalue weighted by Gasteiger charge is 2.15. The second kappa shape index (κ2) is 9.13. The minimum Gasteiger partial charge on any atom is -0.494 e. The molecule has 1 heterocycles. The van der Waals surface area contributed by atoms with Gasteiger partial charge in [0.1, 0.15) is 11.3 Å². The van der Waals surface area contributed by atoms with E-state index in [0.717, 1.165) is 11.3 Å². The first kappa shape index (κ1) is 20.8. The number of carbonyl (C=O) groups is 1. The number of nitro groups is 1. The van der Waals surface area contributed by atoms with Crippen LogP contribution in [-0.2, 0) is 4.79 Å². The monoisotopic (exact) mass is 429 g/mol. The van der Waals surface area contributed by atoms with Crippen LogP contribution in [0, 0.1) is 10.1 Å². The topological polar surface area (TPSA) is 108 Å². The van der Waals surface area contributed by atoms with Crippen molar-refractivity contribution >= 4 is 34.5 Å². The highest BCUT2D eigenvalue weighted by Crippen LogP contribution is 2.31. The van der Waals surface area contributed by atoms with E-state index in [-0.39, 0.29) is 17.5 Å². The molecule has 0 aliphatic heterocycles. The first-order chi connectivity index (χ1) is 15.5. The summed E-state index contributed by atoms with van der Waals surface area (Å²) in [6, 6.07) is 18.7. The van der Waals surface area contributed by atoms with Crippen LogP contribution in [0.5, 0.6) is 5.75 Å². The van der Waals surface area contributed by atoms with Gasteiger partial charge in [0, 0.05) is 12.1 Å². The third-order valence-corrected chi connectivity index (χ3v) is 4.62. The Balaban J connectivity index is 1.54. The number of nitrogens with zero attached hydrogens (tertiary/aromatic N) is 2. The van der Waals surface area contributed by atoms with E-state index in [2.05, 4.69) is 10.3 Å². The lowest BCUT2D eigenvalue weighted by atomic mass is 10.1. The second-order valence-electron chi connectivity index (χ2n) is 6.80. The van der Waals surface area contributed by atoms with Crippen LogP contribution in [-0.4, -0.2) is 22.4 Å². The molecule has 0 bridgehead atoms. The van der Waals surface area contributed by atoms with Crippen molar-refractivity contribution in [3.8, 4) is 17.2 Å². The molecule has 0 spiro atoms. The zero-order valence-electron chi connectivity index (χ0n) is 17.1. The molecule has 0 saturated heterocycles. The zero-order valence-corrected chi connectivity index (χ0v) is 17.1. The van der Waals surface area contributed by atoms with Gasteiger partial charge in [0.2, 0.25) is 11.8 Å². The molecule has 0 aliphatic carbocycles.